The standard InChI is InChI=1S/C17H21NO/c1-4-13-6-5-7-14(10-13)15-8-9-17(19-3)16(11-15)12-18-2/h5-11,18H,4,12H2,1-3H3. The fourth-order valence-corrected chi connectivity index (χ4v) is 2.26. The minimum Gasteiger partial charge on any atom is -0.496 e. The molecule has 0 unspecified atom stereocenters. The molecule has 2 aromatic carbocycles. The second-order valence-electron chi connectivity index (χ2n) is 4.61. The quantitative estimate of drug-likeness (QED) is 0.880. The van der Waals surface area contributed by atoms with Crippen LogP contribution in [0.1, 0.15) is 18.1 Å². The first-order valence-corrected chi connectivity index (χ1v) is 6.69. The van der Waals surface area contributed by atoms with E-state index >= 15 is 0 Å². The highest BCUT2D eigenvalue weighted by molar-refractivity contribution is 5.66. The molecule has 0 saturated carbocycles. The van der Waals surface area contributed by atoms with Crippen molar-refractivity contribution in [1.29, 1.82) is 0 Å². The molecule has 100 valence electrons. The van der Waals surface area contributed by atoms with E-state index in [9.17, 15) is 0 Å². The number of methoxy groups -OCH3 is 1. The lowest BCUT2D eigenvalue weighted by molar-refractivity contribution is 0.408. The number of aryl methyl sites for hydroxylation is 1. The zero-order valence-corrected chi connectivity index (χ0v) is 11.9. The number of hydrogen-bond acceptors (Lipinski definition) is 2. The Morgan fingerprint density at radius 1 is 1.05 bits per heavy atom. The molecule has 0 amide bonds. The molecule has 0 aromatic heterocycles. The van der Waals surface area contributed by atoms with Gasteiger partial charge in [-0.2, -0.15) is 0 Å². The third-order valence-corrected chi connectivity index (χ3v) is 3.32. The van der Waals surface area contributed by atoms with Crippen molar-refractivity contribution in [1.82, 2.24) is 5.32 Å². The summed E-state index contributed by atoms with van der Waals surface area (Å²) in [7, 11) is 3.66. The Balaban J connectivity index is 2.41. The van der Waals surface area contributed by atoms with Crippen molar-refractivity contribution in [3.8, 4) is 16.9 Å². The van der Waals surface area contributed by atoms with Crippen LogP contribution in [0.15, 0.2) is 42.5 Å². The number of hydrogen-bond donors (Lipinski definition) is 1. The topological polar surface area (TPSA) is 21.3 Å². The van der Waals surface area contributed by atoms with Gasteiger partial charge in [-0.25, -0.2) is 0 Å². The van der Waals surface area contributed by atoms with Gasteiger partial charge in [-0.05, 0) is 42.3 Å². The maximum absolute atomic E-state index is 5.39. The van der Waals surface area contributed by atoms with Crippen LogP contribution in [-0.2, 0) is 13.0 Å². The maximum Gasteiger partial charge on any atom is 0.123 e. The first-order chi connectivity index (χ1) is 9.28. The van der Waals surface area contributed by atoms with Gasteiger partial charge in [0.15, 0.2) is 0 Å². The van der Waals surface area contributed by atoms with Crippen molar-refractivity contribution in [2.24, 2.45) is 0 Å². The van der Waals surface area contributed by atoms with Crippen molar-refractivity contribution in [2.75, 3.05) is 14.2 Å². The molecule has 0 fully saturated rings. The fraction of sp³-hybridized carbons (Fsp3) is 0.294. The third kappa shape index (κ3) is 3.15. The van der Waals surface area contributed by atoms with Gasteiger partial charge in [0.1, 0.15) is 5.75 Å². The summed E-state index contributed by atoms with van der Waals surface area (Å²) in [5, 5.41) is 3.18. The van der Waals surface area contributed by atoms with E-state index in [0.29, 0.717) is 0 Å². The molecule has 0 bridgehead atoms. The fourth-order valence-electron chi connectivity index (χ4n) is 2.26. The zero-order valence-electron chi connectivity index (χ0n) is 11.9. The van der Waals surface area contributed by atoms with Crippen LogP contribution in [0.3, 0.4) is 0 Å². The molecule has 0 aliphatic rings. The van der Waals surface area contributed by atoms with Crippen LogP contribution in [0.4, 0.5) is 0 Å². The summed E-state index contributed by atoms with van der Waals surface area (Å²) >= 11 is 0. The average molecular weight is 255 g/mol. The van der Waals surface area contributed by atoms with Crippen molar-refractivity contribution in [3.63, 3.8) is 0 Å². The van der Waals surface area contributed by atoms with E-state index in [1.807, 2.05) is 13.1 Å². The third-order valence-electron chi connectivity index (χ3n) is 3.32. The highest BCUT2D eigenvalue weighted by atomic mass is 16.5. The normalized spacial score (nSPS) is 10.5. The van der Waals surface area contributed by atoms with Crippen LogP contribution in [0.2, 0.25) is 0 Å². The van der Waals surface area contributed by atoms with E-state index in [4.69, 9.17) is 4.74 Å². The smallest absolute Gasteiger partial charge is 0.123 e. The van der Waals surface area contributed by atoms with Gasteiger partial charge in [0.25, 0.3) is 0 Å². The van der Waals surface area contributed by atoms with Gasteiger partial charge in [-0.15, -0.1) is 0 Å². The van der Waals surface area contributed by atoms with E-state index in [1.54, 1.807) is 7.11 Å². The van der Waals surface area contributed by atoms with Gasteiger partial charge in [-0.1, -0.05) is 37.3 Å². The molecular formula is C17H21NO. The lowest BCUT2D eigenvalue weighted by Crippen LogP contribution is -2.06. The second kappa shape index (κ2) is 6.39. The predicted octanol–water partition coefficient (Wildman–Crippen LogP) is 3.64. The van der Waals surface area contributed by atoms with Crippen molar-refractivity contribution >= 4 is 0 Å². The van der Waals surface area contributed by atoms with Crippen LogP contribution < -0.4 is 10.1 Å². The first-order valence-electron chi connectivity index (χ1n) is 6.69. The van der Waals surface area contributed by atoms with E-state index < -0.39 is 0 Å². The molecule has 2 aromatic rings. The first kappa shape index (κ1) is 13.6. The lowest BCUT2D eigenvalue weighted by Gasteiger charge is -2.11. The summed E-state index contributed by atoms with van der Waals surface area (Å²) in [6, 6.07) is 15.1. The van der Waals surface area contributed by atoms with Gasteiger partial charge < -0.3 is 10.1 Å². The largest absolute Gasteiger partial charge is 0.496 e. The zero-order chi connectivity index (χ0) is 13.7. The van der Waals surface area contributed by atoms with Crippen LogP contribution in [0, 0.1) is 0 Å². The summed E-state index contributed by atoms with van der Waals surface area (Å²) in [6.07, 6.45) is 1.06. The summed E-state index contributed by atoms with van der Waals surface area (Å²) in [5.41, 5.74) is 5.05. The Morgan fingerprint density at radius 2 is 1.84 bits per heavy atom. The molecule has 0 atom stereocenters. The molecule has 2 rings (SSSR count). The molecule has 2 heteroatoms. The SMILES string of the molecule is CCc1cccc(-c2ccc(OC)c(CNC)c2)c1. The van der Waals surface area contributed by atoms with Crippen molar-refractivity contribution in [2.45, 2.75) is 19.9 Å². The minimum atomic E-state index is 0.810. The number of rotatable bonds is 5. The van der Waals surface area contributed by atoms with E-state index in [1.165, 1.54) is 22.3 Å². The Bertz CT molecular complexity index is 549. The van der Waals surface area contributed by atoms with E-state index in [2.05, 4.69) is 48.6 Å². The molecule has 0 radical (unpaired) electrons. The van der Waals surface area contributed by atoms with E-state index in [0.717, 1.165) is 18.7 Å². The van der Waals surface area contributed by atoms with Gasteiger partial charge >= 0.3 is 0 Å². The Labute approximate surface area is 115 Å². The number of nitrogens with one attached hydrogen (secondary N) is 1. The summed E-state index contributed by atoms with van der Waals surface area (Å²) in [4.78, 5) is 0. The molecule has 2 nitrogen and oxygen atoms in total. The van der Waals surface area contributed by atoms with Gasteiger partial charge in [0.2, 0.25) is 0 Å². The highest BCUT2D eigenvalue weighted by Crippen LogP contribution is 2.27. The predicted molar refractivity (Wildman–Crippen MR) is 80.6 cm³/mol. The molecule has 0 heterocycles. The Hall–Kier alpha value is -1.80. The highest BCUT2D eigenvalue weighted by Gasteiger charge is 2.05. The molecule has 0 aliphatic carbocycles. The number of benzene rings is 2. The molecular weight excluding hydrogens is 234 g/mol. The monoisotopic (exact) mass is 255 g/mol. The maximum atomic E-state index is 5.39. The Kier molecular flexibility index (Phi) is 4.58. The van der Waals surface area contributed by atoms with Gasteiger partial charge in [-0.3, -0.25) is 0 Å². The van der Waals surface area contributed by atoms with Crippen LogP contribution in [-0.4, -0.2) is 14.2 Å². The Morgan fingerprint density at radius 3 is 2.53 bits per heavy atom. The van der Waals surface area contributed by atoms with E-state index in [-0.39, 0.29) is 0 Å². The molecule has 0 saturated heterocycles. The molecule has 0 aliphatic heterocycles. The van der Waals surface area contributed by atoms with Gasteiger partial charge in [0.05, 0.1) is 7.11 Å². The summed E-state index contributed by atoms with van der Waals surface area (Å²) in [6.45, 7) is 2.99. The van der Waals surface area contributed by atoms with Crippen LogP contribution >= 0.6 is 0 Å². The minimum absolute atomic E-state index is 0.810. The summed E-state index contributed by atoms with van der Waals surface area (Å²) in [5.74, 6) is 0.935. The van der Waals surface area contributed by atoms with Crippen LogP contribution in [0.5, 0.6) is 5.75 Å². The van der Waals surface area contributed by atoms with Crippen molar-refractivity contribution in [3.05, 3.63) is 53.6 Å². The van der Waals surface area contributed by atoms with Gasteiger partial charge in [0, 0.05) is 12.1 Å². The summed E-state index contributed by atoms with van der Waals surface area (Å²) < 4.78 is 5.39. The lowest BCUT2D eigenvalue weighted by atomic mass is 10.00. The molecule has 19 heavy (non-hydrogen) atoms. The molecule has 1 N–H and O–H groups in total. The van der Waals surface area contributed by atoms with Crippen molar-refractivity contribution < 1.29 is 4.74 Å². The average Bonchev–Trinajstić information content (AvgIpc) is 2.47. The molecule has 0 spiro atoms. The number of ether oxygens (including phenoxy) is 1. The second-order valence-corrected chi connectivity index (χ2v) is 4.61. The van der Waals surface area contributed by atoms with Crippen LogP contribution in [0.25, 0.3) is 11.1 Å².